The maximum Gasteiger partial charge on any atom is 0.253 e. The highest BCUT2D eigenvalue weighted by atomic mass is 16.5. The van der Waals surface area contributed by atoms with Crippen molar-refractivity contribution in [2.24, 2.45) is 11.8 Å². The zero-order valence-electron chi connectivity index (χ0n) is 18.1. The first-order chi connectivity index (χ1) is 14.0. The third-order valence-electron chi connectivity index (χ3n) is 6.11. The van der Waals surface area contributed by atoms with Gasteiger partial charge < -0.3 is 14.5 Å². The van der Waals surface area contributed by atoms with Crippen molar-refractivity contribution in [3.05, 3.63) is 29.8 Å². The van der Waals surface area contributed by atoms with Crippen molar-refractivity contribution in [1.82, 2.24) is 9.80 Å². The topological polar surface area (TPSA) is 49.9 Å². The quantitative estimate of drug-likeness (QED) is 0.713. The van der Waals surface area contributed by atoms with Crippen LogP contribution < -0.4 is 4.74 Å². The number of benzene rings is 1. The van der Waals surface area contributed by atoms with E-state index in [-0.39, 0.29) is 11.8 Å². The van der Waals surface area contributed by atoms with Crippen LogP contribution in [0.3, 0.4) is 0 Å². The summed E-state index contributed by atoms with van der Waals surface area (Å²) < 4.78 is 5.74. The monoisotopic (exact) mass is 400 g/mol. The van der Waals surface area contributed by atoms with Crippen LogP contribution in [0.2, 0.25) is 0 Å². The lowest BCUT2D eigenvalue weighted by Gasteiger charge is -2.34. The average molecular weight is 401 g/mol. The van der Waals surface area contributed by atoms with Crippen LogP contribution >= 0.6 is 0 Å². The second-order valence-corrected chi connectivity index (χ2v) is 8.86. The van der Waals surface area contributed by atoms with Gasteiger partial charge in [-0.15, -0.1) is 0 Å². The molecule has 0 radical (unpaired) electrons. The summed E-state index contributed by atoms with van der Waals surface area (Å²) in [7, 11) is 0. The first-order valence-corrected chi connectivity index (χ1v) is 11.4. The second-order valence-electron chi connectivity index (χ2n) is 8.86. The van der Waals surface area contributed by atoms with Gasteiger partial charge in [0.05, 0.1) is 6.61 Å². The highest BCUT2D eigenvalue weighted by molar-refractivity contribution is 5.94. The maximum atomic E-state index is 12.8. The summed E-state index contributed by atoms with van der Waals surface area (Å²) in [6, 6.07) is 7.45. The molecule has 0 bridgehead atoms. The first-order valence-electron chi connectivity index (χ1n) is 11.4. The zero-order chi connectivity index (χ0) is 20.6. The Balaban J connectivity index is 1.47. The molecule has 2 amide bonds. The van der Waals surface area contributed by atoms with Crippen molar-refractivity contribution in [2.75, 3.05) is 32.8 Å². The van der Waals surface area contributed by atoms with Crippen molar-refractivity contribution < 1.29 is 14.3 Å². The fourth-order valence-electron chi connectivity index (χ4n) is 4.17. The van der Waals surface area contributed by atoms with Crippen molar-refractivity contribution in [2.45, 2.75) is 58.8 Å². The number of likely N-dealkylation sites (tertiary alicyclic amines) is 2. The van der Waals surface area contributed by atoms with Crippen LogP contribution in [-0.2, 0) is 4.79 Å². The van der Waals surface area contributed by atoms with Crippen LogP contribution in [0, 0.1) is 11.8 Å². The minimum atomic E-state index is 0.0550. The van der Waals surface area contributed by atoms with Gasteiger partial charge in [-0.2, -0.15) is 0 Å². The van der Waals surface area contributed by atoms with Gasteiger partial charge in [0.15, 0.2) is 0 Å². The number of amides is 2. The third kappa shape index (κ3) is 6.22. The van der Waals surface area contributed by atoms with E-state index in [1.807, 2.05) is 29.2 Å². The predicted molar refractivity (Wildman–Crippen MR) is 115 cm³/mol. The molecule has 160 valence electrons. The van der Waals surface area contributed by atoms with Crippen molar-refractivity contribution >= 4 is 11.8 Å². The minimum Gasteiger partial charge on any atom is -0.494 e. The van der Waals surface area contributed by atoms with E-state index in [2.05, 4.69) is 18.7 Å². The normalized spacial score (nSPS) is 18.6. The van der Waals surface area contributed by atoms with Gasteiger partial charge in [-0.05, 0) is 62.3 Å². The van der Waals surface area contributed by atoms with Gasteiger partial charge >= 0.3 is 0 Å². The Hall–Kier alpha value is -2.04. The van der Waals surface area contributed by atoms with Crippen LogP contribution in [0.15, 0.2) is 24.3 Å². The highest BCUT2D eigenvalue weighted by Crippen LogP contribution is 2.23. The van der Waals surface area contributed by atoms with E-state index in [9.17, 15) is 9.59 Å². The molecule has 0 unspecified atom stereocenters. The molecule has 0 aromatic heterocycles. The Kier molecular flexibility index (Phi) is 7.96. The molecular weight excluding hydrogens is 364 g/mol. The molecule has 2 saturated heterocycles. The first kappa shape index (κ1) is 21.7. The van der Waals surface area contributed by atoms with Gasteiger partial charge in [-0.3, -0.25) is 9.59 Å². The van der Waals surface area contributed by atoms with Gasteiger partial charge in [0.2, 0.25) is 5.91 Å². The molecule has 0 saturated carbocycles. The molecule has 1 aromatic rings. The number of hydrogen-bond donors (Lipinski definition) is 0. The summed E-state index contributed by atoms with van der Waals surface area (Å²) in [6.07, 6.45) is 7.29. The maximum absolute atomic E-state index is 12.8. The lowest BCUT2D eigenvalue weighted by molar-refractivity contribution is -0.136. The fourth-order valence-corrected chi connectivity index (χ4v) is 4.17. The molecule has 0 N–H and O–H groups in total. The van der Waals surface area contributed by atoms with Crippen LogP contribution in [-0.4, -0.2) is 54.4 Å². The highest BCUT2D eigenvalue weighted by Gasteiger charge is 2.30. The molecule has 0 atom stereocenters. The Morgan fingerprint density at radius 3 is 2.14 bits per heavy atom. The molecule has 5 nitrogen and oxygen atoms in total. The van der Waals surface area contributed by atoms with E-state index in [1.54, 1.807) is 0 Å². The molecule has 2 heterocycles. The van der Waals surface area contributed by atoms with Crippen LogP contribution in [0.25, 0.3) is 0 Å². The molecule has 0 spiro atoms. The van der Waals surface area contributed by atoms with Crippen molar-refractivity contribution in [3.63, 3.8) is 0 Å². The summed E-state index contributed by atoms with van der Waals surface area (Å²) in [5.41, 5.74) is 0.693. The van der Waals surface area contributed by atoms with Crippen molar-refractivity contribution in [1.29, 1.82) is 0 Å². The van der Waals surface area contributed by atoms with E-state index in [4.69, 9.17) is 4.74 Å². The van der Waals surface area contributed by atoms with E-state index < -0.39 is 0 Å². The lowest BCUT2D eigenvalue weighted by atomic mass is 9.94. The molecule has 3 rings (SSSR count). The Morgan fingerprint density at radius 1 is 0.931 bits per heavy atom. The van der Waals surface area contributed by atoms with E-state index in [0.717, 1.165) is 50.9 Å². The van der Waals surface area contributed by atoms with Gasteiger partial charge in [-0.25, -0.2) is 0 Å². The lowest BCUT2D eigenvalue weighted by Crippen LogP contribution is -2.44. The summed E-state index contributed by atoms with van der Waals surface area (Å²) in [5.74, 6) is 1.86. The van der Waals surface area contributed by atoms with Crippen LogP contribution in [0.4, 0.5) is 0 Å². The average Bonchev–Trinajstić information content (AvgIpc) is 3.03. The smallest absolute Gasteiger partial charge is 0.253 e. The van der Waals surface area contributed by atoms with Gasteiger partial charge in [-0.1, -0.05) is 26.7 Å². The molecular formula is C24H36N2O3. The summed E-state index contributed by atoms with van der Waals surface area (Å²) >= 11 is 0. The number of carbonyl (C=O) groups is 2. The van der Waals surface area contributed by atoms with E-state index in [1.165, 1.54) is 12.8 Å². The standard InChI is InChI=1S/C24H36N2O3/c1-19(2)13-18-29-22-9-7-20(8-10-22)23(27)26-16-11-21(12-17-26)24(28)25-14-5-3-4-6-15-25/h7-10,19,21H,3-6,11-18H2,1-2H3. The number of rotatable bonds is 6. The molecule has 1 aromatic carbocycles. The SMILES string of the molecule is CC(C)CCOc1ccc(C(=O)N2CCC(C(=O)N3CCCCCC3)CC2)cc1. The minimum absolute atomic E-state index is 0.0550. The Morgan fingerprint density at radius 2 is 1.55 bits per heavy atom. The van der Waals surface area contributed by atoms with Gasteiger partial charge in [0.1, 0.15) is 5.75 Å². The van der Waals surface area contributed by atoms with E-state index in [0.29, 0.717) is 37.1 Å². The van der Waals surface area contributed by atoms with E-state index >= 15 is 0 Å². The predicted octanol–water partition coefficient (Wildman–Crippen LogP) is 4.37. The van der Waals surface area contributed by atoms with Crippen molar-refractivity contribution in [3.8, 4) is 5.75 Å². The summed E-state index contributed by atoms with van der Waals surface area (Å²) in [6.45, 7) is 8.19. The largest absolute Gasteiger partial charge is 0.494 e. The molecule has 2 aliphatic heterocycles. The van der Waals surface area contributed by atoms with Gasteiger partial charge in [0, 0.05) is 37.7 Å². The molecule has 2 fully saturated rings. The third-order valence-corrected chi connectivity index (χ3v) is 6.11. The molecule has 2 aliphatic rings. The molecule has 5 heteroatoms. The fraction of sp³-hybridized carbons (Fsp3) is 0.667. The Labute approximate surface area is 175 Å². The van der Waals surface area contributed by atoms with Crippen LogP contribution in [0.1, 0.15) is 69.2 Å². The van der Waals surface area contributed by atoms with Crippen LogP contribution in [0.5, 0.6) is 5.75 Å². The summed E-state index contributed by atoms with van der Waals surface area (Å²) in [4.78, 5) is 29.6. The van der Waals surface area contributed by atoms with Gasteiger partial charge in [0.25, 0.3) is 5.91 Å². The number of nitrogens with zero attached hydrogens (tertiary/aromatic N) is 2. The number of carbonyl (C=O) groups excluding carboxylic acids is 2. The molecule has 0 aliphatic carbocycles. The second kappa shape index (κ2) is 10.7. The Bertz CT molecular complexity index is 655. The molecule has 29 heavy (non-hydrogen) atoms. The zero-order valence-corrected chi connectivity index (χ0v) is 18.1. The number of piperidine rings is 1. The number of hydrogen-bond acceptors (Lipinski definition) is 3. The summed E-state index contributed by atoms with van der Waals surface area (Å²) in [5, 5.41) is 0. The number of ether oxygens (including phenoxy) is 1.